The first-order valence-electron chi connectivity index (χ1n) is 12.3. The molecule has 182 valence electrons. The molecule has 0 saturated carbocycles. The van der Waals surface area contributed by atoms with Gasteiger partial charge in [0.05, 0.1) is 5.69 Å². The van der Waals surface area contributed by atoms with Crippen LogP contribution in [-0.4, -0.2) is 15.1 Å². The number of phenols is 1. The molecule has 0 saturated heterocycles. The molecule has 7 aromatic rings. The van der Waals surface area contributed by atoms with Crippen LogP contribution >= 0.6 is 9.90 Å². The fraction of sp³-hybridized carbons (Fsp3) is 0. The fourth-order valence-corrected chi connectivity index (χ4v) is 5.35. The minimum absolute atomic E-state index is 0. The molecule has 0 aliphatic rings. The average Bonchev–Trinajstić information content (AvgIpc) is 2.96. The molecule has 2 aromatic heterocycles. The third-order valence-electron chi connectivity index (χ3n) is 7.04. The molecule has 5 aromatic carbocycles. The summed E-state index contributed by atoms with van der Waals surface area (Å²) < 4.78 is 0. The quantitative estimate of drug-likeness (QED) is 0.243. The second-order valence-electron chi connectivity index (χ2n) is 9.18. The number of benzene rings is 5. The molecule has 0 aliphatic carbocycles. The van der Waals surface area contributed by atoms with Gasteiger partial charge in [0.1, 0.15) is 5.75 Å². The zero-order chi connectivity index (χ0) is 24.8. The van der Waals surface area contributed by atoms with Crippen LogP contribution in [0.3, 0.4) is 0 Å². The maximum absolute atomic E-state index is 11.4. The number of hydrogen-bond donors (Lipinski definition) is 1. The van der Waals surface area contributed by atoms with E-state index in [4.69, 9.17) is 4.98 Å². The Bertz CT molecular complexity index is 1950. The Balaban J connectivity index is 0.00000264. The van der Waals surface area contributed by atoms with Crippen molar-refractivity contribution in [2.45, 2.75) is 0 Å². The van der Waals surface area contributed by atoms with Crippen molar-refractivity contribution in [3.8, 4) is 39.3 Å². The van der Waals surface area contributed by atoms with E-state index in [2.05, 4.69) is 83.8 Å². The molecule has 7 rings (SSSR count). The number of aromatic nitrogens is 2. The third-order valence-corrected chi connectivity index (χ3v) is 7.04. The Kier molecular flexibility index (Phi) is 6.07. The highest BCUT2D eigenvalue weighted by molar-refractivity contribution is 6.92. The van der Waals surface area contributed by atoms with E-state index in [9.17, 15) is 5.11 Å². The first kappa shape index (κ1) is 23.8. The number of pyridine rings is 2. The Morgan fingerprint density at radius 1 is 0.474 bits per heavy atom. The van der Waals surface area contributed by atoms with Crippen LogP contribution in [0.15, 0.2) is 128 Å². The van der Waals surface area contributed by atoms with Crippen molar-refractivity contribution in [2.75, 3.05) is 0 Å². The Labute approximate surface area is 224 Å². The molecule has 38 heavy (non-hydrogen) atoms. The third kappa shape index (κ3) is 3.89. The van der Waals surface area contributed by atoms with Gasteiger partial charge < -0.3 is 5.11 Å². The van der Waals surface area contributed by atoms with Crippen molar-refractivity contribution in [2.24, 2.45) is 0 Å². The normalized spacial score (nSPS) is 11.1. The summed E-state index contributed by atoms with van der Waals surface area (Å²) in [5, 5.41) is 16.9. The highest BCUT2D eigenvalue weighted by atomic mass is 31.0. The van der Waals surface area contributed by atoms with Gasteiger partial charge in [0.2, 0.25) is 0 Å². The molecule has 1 N–H and O–H groups in total. The van der Waals surface area contributed by atoms with Crippen molar-refractivity contribution in [1.29, 1.82) is 0 Å². The summed E-state index contributed by atoms with van der Waals surface area (Å²) in [5.41, 5.74) is 6.25. The van der Waals surface area contributed by atoms with Gasteiger partial charge in [0, 0.05) is 28.3 Å². The summed E-state index contributed by atoms with van der Waals surface area (Å²) in [5.74, 6) is 0.238. The summed E-state index contributed by atoms with van der Waals surface area (Å²) in [4.78, 5) is 9.44. The van der Waals surface area contributed by atoms with E-state index in [1.54, 1.807) is 12.3 Å². The Morgan fingerprint density at radius 3 is 1.79 bits per heavy atom. The zero-order valence-electron chi connectivity index (χ0n) is 20.7. The molecule has 3 nitrogen and oxygen atoms in total. The monoisotopic (exact) mass is 508 g/mol. The highest BCUT2D eigenvalue weighted by Gasteiger charge is 2.21. The van der Waals surface area contributed by atoms with E-state index >= 15 is 0 Å². The van der Waals surface area contributed by atoms with Crippen molar-refractivity contribution in [1.82, 2.24) is 9.97 Å². The van der Waals surface area contributed by atoms with Gasteiger partial charge in [-0.15, -0.1) is 0 Å². The summed E-state index contributed by atoms with van der Waals surface area (Å²) in [6.07, 6.45) is 1.77. The summed E-state index contributed by atoms with van der Waals surface area (Å²) in [7, 11) is 0. The molecule has 0 spiro atoms. The minimum Gasteiger partial charge on any atom is -0.507 e. The lowest BCUT2D eigenvalue weighted by atomic mass is 9.85. The van der Waals surface area contributed by atoms with E-state index in [-0.39, 0.29) is 15.6 Å². The van der Waals surface area contributed by atoms with E-state index in [1.807, 2.05) is 36.4 Å². The second-order valence-corrected chi connectivity index (χ2v) is 9.18. The zero-order valence-corrected chi connectivity index (χ0v) is 22.1. The Hall–Kier alpha value is -4.59. The first-order valence-corrected chi connectivity index (χ1v) is 12.3. The van der Waals surface area contributed by atoms with Crippen LogP contribution in [0.2, 0.25) is 0 Å². The van der Waals surface area contributed by atoms with E-state index < -0.39 is 0 Å². The molecular formula is C34H25N2OP. The molecule has 0 fully saturated rings. The topological polar surface area (TPSA) is 46.0 Å². The van der Waals surface area contributed by atoms with Gasteiger partial charge in [-0.25, -0.2) is 9.97 Å². The van der Waals surface area contributed by atoms with Crippen molar-refractivity contribution >= 4 is 42.5 Å². The molecule has 4 heteroatoms. The summed E-state index contributed by atoms with van der Waals surface area (Å²) in [6.45, 7) is 0. The molecule has 2 heterocycles. The summed E-state index contributed by atoms with van der Waals surface area (Å²) >= 11 is 0. The molecule has 0 radical (unpaired) electrons. The largest absolute Gasteiger partial charge is 0.507 e. The smallest absolute Gasteiger partial charge is 0.159 e. The van der Waals surface area contributed by atoms with Gasteiger partial charge in [-0.1, -0.05) is 84.9 Å². The van der Waals surface area contributed by atoms with Gasteiger partial charge in [-0.2, -0.15) is 9.90 Å². The van der Waals surface area contributed by atoms with Crippen LogP contribution in [0.1, 0.15) is 0 Å². The second kappa shape index (κ2) is 9.70. The standard InChI is InChI=1S/C34H22N2O.H3P/c37-31-20-18-29(30-19-17-24-12-7-21-35-34(24)36-30)32(27-15-5-10-22-8-1-3-13-25(22)27)33(31)28-16-6-11-23-9-2-4-14-26(23)28;/h1-21,37H;1H3. The maximum atomic E-state index is 11.4. The van der Waals surface area contributed by atoms with Crippen molar-refractivity contribution in [3.05, 3.63) is 128 Å². The van der Waals surface area contributed by atoms with Gasteiger partial charge in [-0.05, 0) is 69.1 Å². The van der Waals surface area contributed by atoms with Crippen LogP contribution < -0.4 is 0 Å². The lowest BCUT2D eigenvalue weighted by Gasteiger charge is -2.20. The molecule has 0 aliphatic heterocycles. The lowest BCUT2D eigenvalue weighted by molar-refractivity contribution is 0.477. The predicted octanol–water partition coefficient (Wildman–Crippen LogP) is 8.70. The van der Waals surface area contributed by atoms with Crippen molar-refractivity contribution < 1.29 is 5.11 Å². The molecular weight excluding hydrogens is 483 g/mol. The van der Waals surface area contributed by atoms with Gasteiger partial charge in [0.15, 0.2) is 5.65 Å². The molecule has 0 bridgehead atoms. The van der Waals surface area contributed by atoms with Gasteiger partial charge in [0.25, 0.3) is 0 Å². The average molecular weight is 509 g/mol. The molecule has 0 amide bonds. The summed E-state index contributed by atoms with van der Waals surface area (Å²) in [6, 6.07) is 41.0. The predicted molar refractivity (Wildman–Crippen MR) is 164 cm³/mol. The van der Waals surface area contributed by atoms with Crippen LogP contribution in [0, 0.1) is 0 Å². The number of hydrogen-bond acceptors (Lipinski definition) is 3. The number of nitrogens with zero attached hydrogens (tertiary/aromatic N) is 2. The van der Waals surface area contributed by atoms with Crippen LogP contribution in [0.5, 0.6) is 5.75 Å². The van der Waals surface area contributed by atoms with Gasteiger partial charge in [-0.3, -0.25) is 0 Å². The highest BCUT2D eigenvalue weighted by Crippen LogP contribution is 2.48. The first-order chi connectivity index (χ1) is 18.3. The van der Waals surface area contributed by atoms with Crippen LogP contribution in [0.4, 0.5) is 0 Å². The number of aromatic hydroxyl groups is 1. The fourth-order valence-electron chi connectivity index (χ4n) is 5.35. The SMILES string of the molecule is Oc1ccc(-c2ccc3cccnc3n2)c(-c2cccc3ccccc23)c1-c1cccc2ccccc12.P. The molecule has 1 atom stereocenters. The molecule has 1 unspecified atom stereocenters. The van der Waals surface area contributed by atoms with E-state index in [0.29, 0.717) is 5.65 Å². The maximum Gasteiger partial charge on any atom is 0.159 e. The minimum atomic E-state index is 0. The lowest BCUT2D eigenvalue weighted by Crippen LogP contribution is -1.95. The number of phenolic OH excluding ortho intramolecular Hbond substituents is 1. The van der Waals surface area contributed by atoms with E-state index in [1.165, 1.54) is 0 Å². The van der Waals surface area contributed by atoms with Crippen LogP contribution in [-0.2, 0) is 0 Å². The van der Waals surface area contributed by atoms with E-state index in [0.717, 1.165) is 60.4 Å². The van der Waals surface area contributed by atoms with Crippen LogP contribution in [0.25, 0.3) is 66.1 Å². The Morgan fingerprint density at radius 2 is 1.08 bits per heavy atom. The number of fused-ring (bicyclic) bond motifs is 3. The van der Waals surface area contributed by atoms with Gasteiger partial charge >= 0.3 is 0 Å². The van der Waals surface area contributed by atoms with Crippen molar-refractivity contribution in [3.63, 3.8) is 0 Å². The number of rotatable bonds is 3.